The van der Waals surface area contributed by atoms with E-state index in [2.05, 4.69) is 28.7 Å². The van der Waals surface area contributed by atoms with Gasteiger partial charge in [0, 0.05) is 19.6 Å². The van der Waals surface area contributed by atoms with E-state index >= 15 is 0 Å². The molecular weight excluding hydrogens is 228 g/mol. The molecule has 1 aromatic heterocycles. The lowest BCUT2D eigenvalue weighted by atomic mass is 10.2. The molecule has 2 N–H and O–H groups in total. The molecule has 0 saturated carbocycles. The van der Waals surface area contributed by atoms with Crippen molar-refractivity contribution in [3.8, 4) is 5.88 Å². The Morgan fingerprint density at radius 1 is 1.39 bits per heavy atom. The van der Waals surface area contributed by atoms with Gasteiger partial charge in [-0.25, -0.2) is 9.97 Å². The molecule has 1 rings (SSSR count). The molecule has 0 fully saturated rings. The molecule has 0 aliphatic heterocycles. The molecule has 102 valence electrons. The van der Waals surface area contributed by atoms with Crippen molar-refractivity contribution in [1.82, 2.24) is 9.97 Å². The molecule has 1 heterocycles. The number of hydrogen-bond donors (Lipinski definition) is 1. The van der Waals surface area contributed by atoms with E-state index in [1.54, 1.807) is 6.33 Å². The van der Waals surface area contributed by atoms with Crippen LogP contribution in [0.2, 0.25) is 0 Å². The minimum absolute atomic E-state index is 0.557. The number of hydrogen-bond acceptors (Lipinski definition) is 5. The Bertz CT molecular complexity index is 368. The van der Waals surface area contributed by atoms with E-state index in [1.165, 1.54) is 0 Å². The molecule has 0 radical (unpaired) electrons. The highest BCUT2D eigenvalue weighted by atomic mass is 16.5. The van der Waals surface area contributed by atoms with E-state index in [9.17, 15) is 0 Å². The van der Waals surface area contributed by atoms with Crippen LogP contribution in [0.4, 0.5) is 5.82 Å². The molecule has 5 nitrogen and oxygen atoms in total. The topological polar surface area (TPSA) is 64.3 Å². The van der Waals surface area contributed by atoms with E-state index in [1.807, 2.05) is 13.8 Å². The van der Waals surface area contributed by atoms with Crippen LogP contribution in [0.3, 0.4) is 0 Å². The summed E-state index contributed by atoms with van der Waals surface area (Å²) in [7, 11) is 0. The van der Waals surface area contributed by atoms with Gasteiger partial charge in [0.05, 0.1) is 12.2 Å². The van der Waals surface area contributed by atoms with Crippen molar-refractivity contribution >= 4 is 5.82 Å². The number of rotatable bonds is 7. The number of ether oxygens (including phenoxy) is 1. The van der Waals surface area contributed by atoms with Crippen molar-refractivity contribution in [1.29, 1.82) is 0 Å². The third kappa shape index (κ3) is 3.84. The maximum atomic E-state index is 5.67. The molecule has 0 saturated heterocycles. The zero-order valence-electron chi connectivity index (χ0n) is 11.8. The van der Waals surface area contributed by atoms with Gasteiger partial charge in [-0.15, -0.1) is 0 Å². The highest BCUT2D eigenvalue weighted by Crippen LogP contribution is 2.24. The maximum absolute atomic E-state index is 5.67. The van der Waals surface area contributed by atoms with Crippen LogP contribution in [-0.2, 0) is 0 Å². The molecule has 0 aliphatic carbocycles. The average Bonchev–Trinajstić information content (AvgIpc) is 2.31. The van der Waals surface area contributed by atoms with Crippen LogP contribution in [0, 0.1) is 12.8 Å². The summed E-state index contributed by atoms with van der Waals surface area (Å²) in [6.07, 6.45) is 1.55. The minimum atomic E-state index is 0.557. The summed E-state index contributed by atoms with van der Waals surface area (Å²) >= 11 is 0. The molecule has 0 unspecified atom stereocenters. The smallest absolute Gasteiger partial charge is 0.221 e. The fraction of sp³-hybridized carbons (Fsp3) is 0.692. The van der Waals surface area contributed by atoms with E-state index in [4.69, 9.17) is 10.5 Å². The van der Waals surface area contributed by atoms with Crippen LogP contribution in [0.15, 0.2) is 6.33 Å². The maximum Gasteiger partial charge on any atom is 0.221 e. The number of anilines is 1. The molecule has 5 heteroatoms. The lowest BCUT2D eigenvalue weighted by molar-refractivity contribution is 0.323. The molecule has 0 spiro atoms. The quantitative estimate of drug-likeness (QED) is 0.798. The lowest BCUT2D eigenvalue weighted by Crippen LogP contribution is -2.34. The first kappa shape index (κ1) is 14.7. The Morgan fingerprint density at radius 2 is 2.11 bits per heavy atom. The predicted molar refractivity (Wildman–Crippen MR) is 74.0 cm³/mol. The van der Waals surface area contributed by atoms with Gasteiger partial charge in [0.25, 0.3) is 0 Å². The summed E-state index contributed by atoms with van der Waals surface area (Å²) in [4.78, 5) is 10.7. The van der Waals surface area contributed by atoms with Crippen molar-refractivity contribution in [3.05, 3.63) is 11.9 Å². The standard InChI is InChI=1S/C13H24N4O/c1-5-18-13-11(4)12(15-9-16-13)17(7-6-14)8-10(2)3/h9-10H,5-8,14H2,1-4H3. The monoisotopic (exact) mass is 252 g/mol. The largest absolute Gasteiger partial charge is 0.478 e. The fourth-order valence-corrected chi connectivity index (χ4v) is 1.91. The zero-order valence-corrected chi connectivity index (χ0v) is 11.8. The van der Waals surface area contributed by atoms with Crippen LogP contribution in [0.5, 0.6) is 5.88 Å². The number of nitrogens with two attached hydrogens (primary N) is 1. The third-order valence-electron chi connectivity index (χ3n) is 2.58. The Morgan fingerprint density at radius 3 is 2.67 bits per heavy atom. The van der Waals surface area contributed by atoms with Gasteiger partial charge in [0.2, 0.25) is 5.88 Å². The summed E-state index contributed by atoms with van der Waals surface area (Å²) in [5.74, 6) is 2.14. The van der Waals surface area contributed by atoms with E-state index in [0.29, 0.717) is 24.9 Å². The summed E-state index contributed by atoms with van der Waals surface area (Å²) in [6.45, 7) is 11.3. The fourth-order valence-electron chi connectivity index (χ4n) is 1.91. The van der Waals surface area contributed by atoms with E-state index in [-0.39, 0.29) is 0 Å². The second kappa shape index (κ2) is 7.16. The third-order valence-corrected chi connectivity index (χ3v) is 2.58. The minimum Gasteiger partial charge on any atom is -0.478 e. The van der Waals surface area contributed by atoms with E-state index in [0.717, 1.165) is 24.5 Å². The van der Waals surface area contributed by atoms with Crippen LogP contribution in [0.1, 0.15) is 26.3 Å². The first-order chi connectivity index (χ1) is 8.60. The summed E-state index contributed by atoms with van der Waals surface area (Å²) in [5, 5.41) is 0. The predicted octanol–water partition coefficient (Wildman–Crippen LogP) is 1.60. The molecule has 0 amide bonds. The van der Waals surface area contributed by atoms with E-state index < -0.39 is 0 Å². The Balaban J connectivity index is 2.99. The Kier molecular flexibility index (Phi) is 5.85. The van der Waals surface area contributed by atoms with Crippen LogP contribution in [0.25, 0.3) is 0 Å². The molecule has 0 atom stereocenters. The number of aromatic nitrogens is 2. The Labute approximate surface area is 109 Å². The highest BCUT2D eigenvalue weighted by molar-refractivity contribution is 5.50. The second-order valence-electron chi connectivity index (χ2n) is 4.69. The van der Waals surface area contributed by atoms with Gasteiger partial charge in [0.15, 0.2) is 0 Å². The van der Waals surface area contributed by atoms with Crippen LogP contribution < -0.4 is 15.4 Å². The first-order valence-electron chi connectivity index (χ1n) is 6.49. The van der Waals surface area contributed by atoms with Crippen molar-refractivity contribution in [2.24, 2.45) is 11.7 Å². The summed E-state index contributed by atoms with van der Waals surface area (Å²) in [5.41, 5.74) is 6.65. The van der Waals surface area contributed by atoms with Gasteiger partial charge < -0.3 is 15.4 Å². The molecule has 0 bridgehead atoms. The highest BCUT2D eigenvalue weighted by Gasteiger charge is 2.15. The van der Waals surface area contributed by atoms with Crippen molar-refractivity contribution in [3.63, 3.8) is 0 Å². The molecule has 18 heavy (non-hydrogen) atoms. The van der Waals surface area contributed by atoms with Gasteiger partial charge in [-0.05, 0) is 19.8 Å². The summed E-state index contributed by atoms with van der Waals surface area (Å²) in [6, 6.07) is 0. The van der Waals surface area contributed by atoms with Crippen molar-refractivity contribution < 1.29 is 4.74 Å². The first-order valence-corrected chi connectivity index (χ1v) is 6.49. The zero-order chi connectivity index (χ0) is 13.5. The van der Waals surface area contributed by atoms with Crippen LogP contribution >= 0.6 is 0 Å². The normalized spacial score (nSPS) is 10.8. The number of nitrogens with zero attached hydrogens (tertiary/aromatic N) is 3. The van der Waals surface area contributed by atoms with Gasteiger partial charge in [-0.2, -0.15) is 0 Å². The molecule has 1 aromatic rings. The second-order valence-corrected chi connectivity index (χ2v) is 4.69. The van der Waals surface area contributed by atoms with Gasteiger partial charge in [-0.3, -0.25) is 0 Å². The SMILES string of the molecule is CCOc1ncnc(N(CCN)CC(C)C)c1C. The average molecular weight is 252 g/mol. The molecule has 0 aromatic carbocycles. The molecule has 0 aliphatic rings. The van der Waals surface area contributed by atoms with Gasteiger partial charge in [-0.1, -0.05) is 13.8 Å². The van der Waals surface area contributed by atoms with Crippen LogP contribution in [-0.4, -0.2) is 36.2 Å². The van der Waals surface area contributed by atoms with Crippen molar-refractivity contribution in [2.75, 3.05) is 31.1 Å². The lowest BCUT2D eigenvalue weighted by Gasteiger charge is -2.26. The molecular formula is C13H24N4O. The van der Waals surface area contributed by atoms with Gasteiger partial charge >= 0.3 is 0 Å². The Hall–Kier alpha value is -1.36. The van der Waals surface area contributed by atoms with Gasteiger partial charge in [0.1, 0.15) is 12.1 Å². The summed E-state index contributed by atoms with van der Waals surface area (Å²) < 4.78 is 5.50. The van der Waals surface area contributed by atoms with Crippen molar-refractivity contribution in [2.45, 2.75) is 27.7 Å².